The Labute approximate surface area is 84.0 Å². The van der Waals surface area contributed by atoms with Crippen molar-refractivity contribution < 1.29 is 22.4 Å². The van der Waals surface area contributed by atoms with Crippen LogP contribution in [0.4, 0.5) is 17.6 Å². The minimum atomic E-state index is -4.64. The van der Waals surface area contributed by atoms with E-state index in [9.17, 15) is 22.4 Å². The summed E-state index contributed by atoms with van der Waals surface area (Å²) < 4.78 is 48.6. The molecule has 3 N–H and O–H groups in total. The van der Waals surface area contributed by atoms with Crippen LogP contribution in [0.15, 0.2) is 0 Å². The highest BCUT2D eigenvalue weighted by atomic mass is 19.3. The van der Waals surface area contributed by atoms with Gasteiger partial charge in [0.1, 0.15) is 0 Å². The van der Waals surface area contributed by atoms with E-state index in [1.807, 2.05) is 5.32 Å². The van der Waals surface area contributed by atoms with Gasteiger partial charge in [0.15, 0.2) is 0 Å². The molecule has 0 radical (unpaired) electrons. The maximum Gasteiger partial charge on any atom is 0.383 e. The van der Waals surface area contributed by atoms with Gasteiger partial charge in [0.25, 0.3) is 5.91 Å². The van der Waals surface area contributed by atoms with Gasteiger partial charge in [-0.3, -0.25) is 4.79 Å². The molecule has 1 amide bonds. The van der Waals surface area contributed by atoms with Gasteiger partial charge in [0, 0.05) is 12.6 Å². The monoisotopic (exact) mass is 228 g/mol. The van der Waals surface area contributed by atoms with E-state index >= 15 is 0 Å². The van der Waals surface area contributed by atoms with E-state index in [1.54, 1.807) is 0 Å². The van der Waals surface area contributed by atoms with Crippen LogP contribution in [-0.4, -0.2) is 30.8 Å². The van der Waals surface area contributed by atoms with Crippen molar-refractivity contribution in [2.45, 2.75) is 31.2 Å². The zero-order valence-corrected chi connectivity index (χ0v) is 7.85. The minimum Gasteiger partial charge on any atom is -0.346 e. The lowest BCUT2D eigenvalue weighted by molar-refractivity contribution is -0.170. The summed E-state index contributed by atoms with van der Waals surface area (Å²) in [5.74, 6) is -6.53. The highest BCUT2D eigenvalue weighted by Gasteiger charge is 2.50. The van der Waals surface area contributed by atoms with Crippen molar-refractivity contribution in [1.29, 1.82) is 0 Å². The van der Waals surface area contributed by atoms with Crippen LogP contribution < -0.4 is 11.1 Å². The molecule has 1 atom stereocenters. The number of alkyl halides is 4. The topological polar surface area (TPSA) is 55.1 Å². The van der Waals surface area contributed by atoms with Crippen LogP contribution in [0.5, 0.6) is 0 Å². The molecule has 0 aromatic carbocycles. The fourth-order valence-corrected chi connectivity index (χ4v) is 1.23. The molecule has 1 rings (SSSR count). The molecule has 15 heavy (non-hydrogen) atoms. The maximum absolute atomic E-state index is 12.5. The van der Waals surface area contributed by atoms with Crippen LogP contribution in [0.25, 0.3) is 0 Å². The number of halogens is 4. The number of carbonyl (C=O) groups is 1. The molecule has 1 unspecified atom stereocenters. The third-order valence-corrected chi connectivity index (χ3v) is 2.34. The number of amides is 1. The molecule has 0 aromatic rings. The third-order valence-electron chi connectivity index (χ3n) is 2.34. The Hall–Kier alpha value is -0.850. The molecule has 7 heteroatoms. The summed E-state index contributed by atoms with van der Waals surface area (Å²) in [4.78, 5) is 10.8. The number of carbonyl (C=O) groups excluding carboxylic acids is 1. The molecule has 0 heterocycles. The largest absolute Gasteiger partial charge is 0.383 e. The van der Waals surface area contributed by atoms with Gasteiger partial charge < -0.3 is 11.1 Å². The zero-order chi connectivity index (χ0) is 11.6. The summed E-state index contributed by atoms with van der Waals surface area (Å²) in [7, 11) is 0. The average molecular weight is 228 g/mol. The summed E-state index contributed by atoms with van der Waals surface area (Å²) >= 11 is 0. The van der Waals surface area contributed by atoms with Crippen LogP contribution in [0.3, 0.4) is 0 Å². The molecule has 0 aliphatic heterocycles. The normalized spacial score (nSPS) is 19.1. The van der Waals surface area contributed by atoms with Crippen molar-refractivity contribution in [2.24, 2.45) is 11.7 Å². The predicted octanol–water partition coefficient (Wildman–Crippen LogP) is 0.740. The summed E-state index contributed by atoms with van der Waals surface area (Å²) in [6, 6.07) is -0.623. The summed E-state index contributed by atoms with van der Waals surface area (Å²) in [6.07, 6.45) is -2.43. The third kappa shape index (κ3) is 2.80. The molecule has 1 saturated carbocycles. The number of hydrogen-bond donors (Lipinski definition) is 2. The SMILES string of the molecule is NCC(NC(=O)C(F)(F)C(F)F)C1CC1. The second-order valence-corrected chi connectivity index (χ2v) is 3.58. The van der Waals surface area contributed by atoms with Crippen LogP contribution in [0, 0.1) is 5.92 Å². The van der Waals surface area contributed by atoms with Crippen LogP contribution in [0.2, 0.25) is 0 Å². The Kier molecular flexibility index (Phi) is 3.54. The Bertz CT molecular complexity index is 243. The first-order valence-corrected chi connectivity index (χ1v) is 4.56. The van der Waals surface area contributed by atoms with Gasteiger partial charge in [-0.2, -0.15) is 8.78 Å². The first-order valence-electron chi connectivity index (χ1n) is 4.56. The van der Waals surface area contributed by atoms with Crippen molar-refractivity contribution in [3.05, 3.63) is 0 Å². The van der Waals surface area contributed by atoms with Crippen molar-refractivity contribution in [3.8, 4) is 0 Å². The van der Waals surface area contributed by atoms with Gasteiger partial charge in [-0.15, -0.1) is 0 Å². The standard InChI is InChI=1S/C8H12F4N2O/c9-6(10)8(11,12)7(15)14-5(3-13)4-1-2-4/h4-6H,1-3,13H2,(H,14,15). The molecular formula is C8H12F4N2O. The van der Waals surface area contributed by atoms with Gasteiger partial charge in [-0.05, 0) is 18.8 Å². The molecule has 88 valence electrons. The van der Waals surface area contributed by atoms with Crippen LogP contribution in [-0.2, 0) is 4.79 Å². The molecule has 1 aliphatic carbocycles. The van der Waals surface area contributed by atoms with Crippen molar-refractivity contribution in [2.75, 3.05) is 6.54 Å². The summed E-state index contributed by atoms with van der Waals surface area (Å²) in [5.41, 5.74) is 5.23. The van der Waals surface area contributed by atoms with Gasteiger partial charge >= 0.3 is 12.3 Å². The quantitative estimate of drug-likeness (QED) is 0.682. The van der Waals surface area contributed by atoms with Crippen molar-refractivity contribution >= 4 is 5.91 Å². The van der Waals surface area contributed by atoms with Gasteiger partial charge in [-0.25, -0.2) is 8.78 Å². The van der Waals surface area contributed by atoms with Crippen LogP contribution >= 0.6 is 0 Å². The smallest absolute Gasteiger partial charge is 0.346 e. The molecule has 0 saturated heterocycles. The van der Waals surface area contributed by atoms with Gasteiger partial charge in [-0.1, -0.05) is 0 Å². The highest BCUT2D eigenvalue weighted by molar-refractivity contribution is 5.84. The van der Waals surface area contributed by atoms with E-state index < -0.39 is 24.3 Å². The second-order valence-electron chi connectivity index (χ2n) is 3.58. The molecule has 0 aromatic heterocycles. The first-order chi connectivity index (χ1) is 6.89. The fraction of sp³-hybridized carbons (Fsp3) is 0.875. The Morgan fingerprint density at radius 3 is 2.33 bits per heavy atom. The van der Waals surface area contributed by atoms with E-state index in [4.69, 9.17) is 5.73 Å². The van der Waals surface area contributed by atoms with E-state index in [1.165, 1.54) is 0 Å². The van der Waals surface area contributed by atoms with E-state index in [0.717, 1.165) is 12.8 Å². The van der Waals surface area contributed by atoms with Crippen molar-refractivity contribution in [1.82, 2.24) is 5.32 Å². The molecular weight excluding hydrogens is 216 g/mol. The Balaban J connectivity index is 2.52. The van der Waals surface area contributed by atoms with E-state index in [-0.39, 0.29) is 12.5 Å². The van der Waals surface area contributed by atoms with E-state index in [2.05, 4.69) is 0 Å². The number of rotatable bonds is 5. The summed E-state index contributed by atoms with van der Waals surface area (Å²) in [5, 5.41) is 1.86. The first kappa shape index (κ1) is 12.2. The molecule has 1 fully saturated rings. The molecule has 0 spiro atoms. The second kappa shape index (κ2) is 4.34. The number of hydrogen-bond acceptors (Lipinski definition) is 2. The lowest BCUT2D eigenvalue weighted by Crippen LogP contribution is -2.51. The lowest BCUT2D eigenvalue weighted by atomic mass is 10.1. The van der Waals surface area contributed by atoms with Gasteiger partial charge in [0.05, 0.1) is 0 Å². The molecule has 3 nitrogen and oxygen atoms in total. The highest BCUT2D eigenvalue weighted by Crippen LogP contribution is 2.33. The molecule has 0 bridgehead atoms. The van der Waals surface area contributed by atoms with Crippen molar-refractivity contribution in [3.63, 3.8) is 0 Å². The zero-order valence-electron chi connectivity index (χ0n) is 7.85. The minimum absolute atomic E-state index is 0.0181. The molecule has 1 aliphatic rings. The lowest BCUT2D eigenvalue weighted by Gasteiger charge is -2.20. The Morgan fingerprint density at radius 1 is 1.47 bits per heavy atom. The fourth-order valence-electron chi connectivity index (χ4n) is 1.23. The predicted molar refractivity (Wildman–Crippen MR) is 44.7 cm³/mol. The number of nitrogens with one attached hydrogen (secondary N) is 1. The number of nitrogens with two attached hydrogens (primary N) is 1. The summed E-state index contributed by atoms with van der Waals surface area (Å²) in [6.45, 7) is -0.0181. The van der Waals surface area contributed by atoms with Gasteiger partial charge in [0.2, 0.25) is 0 Å². The average Bonchev–Trinajstić information content (AvgIpc) is 2.96. The maximum atomic E-state index is 12.5. The van der Waals surface area contributed by atoms with E-state index in [0.29, 0.717) is 0 Å². The van der Waals surface area contributed by atoms with Crippen LogP contribution in [0.1, 0.15) is 12.8 Å². The Morgan fingerprint density at radius 2 is 2.00 bits per heavy atom.